The predicted octanol–water partition coefficient (Wildman–Crippen LogP) is 2.09. The van der Waals surface area contributed by atoms with Gasteiger partial charge in [-0.25, -0.2) is 22.6 Å². The van der Waals surface area contributed by atoms with Crippen LogP contribution in [-0.2, 0) is 10.0 Å². The second-order valence-electron chi connectivity index (χ2n) is 5.86. The number of fused-ring (bicyclic) bond motifs is 1. The number of sulfonamides is 1. The number of rotatable bonds is 7. The van der Waals surface area contributed by atoms with Crippen molar-refractivity contribution in [3.8, 4) is 5.69 Å². The Kier molecular flexibility index (Phi) is 5.72. The fraction of sp³-hybridized carbons (Fsp3) is 0.222. The van der Waals surface area contributed by atoms with Gasteiger partial charge in [-0.3, -0.25) is 0 Å². The highest BCUT2D eigenvalue weighted by molar-refractivity contribution is 7.89. The monoisotopic (exact) mass is 387 g/mol. The van der Waals surface area contributed by atoms with Gasteiger partial charge in [0, 0.05) is 24.2 Å². The third-order valence-electron chi connectivity index (χ3n) is 3.87. The van der Waals surface area contributed by atoms with E-state index in [0.717, 1.165) is 16.6 Å². The Morgan fingerprint density at radius 2 is 1.85 bits per heavy atom. The lowest BCUT2D eigenvalue weighted by atomic mass is 10.2. The van der Waals surface area contributed by atoms with Gasteiger partial charge in [-0.05, 0) is 30.3 Å². The lowest BCUT2D eigenvalue weighted by Crippen LogP contribution is -2.36. The first-order valence-corrected chi connectivity index (χ1v) is 10.2. The molecule has 0 fully saturated rings. The molecule has 1 aromatic heterocycles. The summed E-state index contributed by atoms with van der Waals surface area (Å²) in [6, 6.07) is 14.7. The highest BCUT2D eigenvalue weighted by Gasteiger charge is 2.09. The van der Waals surface area contributed by atoms with Crippen LogP contribution in [0.15, 0.2) is 54.7 Å². The summed E-state index contributed by atoms with van der Waals surface area (Å²) in [5.74, 6) is -0.167. The second-order valence-corrected chi connectivity index (χ2v) is 7.79. The van der Waals surface area contributed by atoms with Crippen LogP contribution >= 0.6 is 0 Å². The predicted molar refractivity (Wildman–Crippen MR) is 106 cm³/mol. The average molecular weight is 387 g/mol. The SMILES string of the molecule is CCNS(=O)(=O)CCNC(=O)Nc1ccc(-n2ncc3ccccc32)cc1. The zero-order valence-corrected chi connectivity index (χ0v) is 15.7. The number of nitrogens with one attached hydrogen (secondary N) is 3. The highest BCUT2D eigenvalue weighted by atomic mass is 32.2. The maximum atomic E-state index is 11.9. The normalized spacial score (nSPS) is 11.4. The van der Waals surface area contributed by atoms with Crippen LogP contribution in [0.1, 0.15) is 6.92 Å². The maximum Gasteiger partial charge on any atom is 0.319 e. The number of hydrogen-bond donors (Lipinski definition) is 3. The summed E-state index contributed by atoms with van der Waals surface area (Å²) >= 11 is 0. The van der Waals surface area contributed by atoms with Gasteiger partial charge >= 0.3 is 6.03 Å². The molecule has 0 radical (unpaired) electrons. The third-order valence-corrected chi connectivity index (χ3v) is 5.34. The van der Waals surface area contributed by atoms with E-state index >= 15 is 0 Å². The summed E-state index contributed by atoms with van der Waals surface area (Å²) < 4.78 is 27.2. The summed E-state index contributed by atoms with van der Waals surface area (Å²) in [6.45, 7) is 2.05. The van der Waals surface area contributed by atoms with Gasteiger partial charge < -0.3 is 10.6 Å². The molecule has 3 aromatic rings. The van der Waals surface area contributed by atoms with E-state index in [1.54, 1.807) is 25.3 Å². The minimum Gasteiger partial charge on any atom is -0.337 e. The molecule has 3 rings (SSSR count). The molecule has 0 spiro atoms. The number of carbonyl (C=O) groups is 1. The van der Waals surface area contributed by atoms with E-state index in [4.69, 9.17) is 0 Å². The van der Waals surface area contributed by atoms with Crippen LogP contribution in [0.5, 0.6) is 0 Å². The number of benzene rings is 2. The first kappa shape index (κ1) is 18.9. The van der Waals surface area contributed by atoms with E-state index in [9.17, 15) is 13.2 Å². The topological polar surface area (TPSA) is 105 Å². The van der Waals surface area contributed by atoms with Gasteiger partial charge in [-0.1, -0.05) is 25.1 Å². The molecular formula is C18H21N5O3S. The molecule has 0 atom stereocenters. The summed E-state index contributed by atoms with van der Waals surface area (Å²) in [5.41, 5.74) is 2.47. The Balaban J connectivity index is 1.58. The van der Waals surface area contributed by atoms with Crippen LogP contribution in [-0.4, -0.2) is 43.1 Å². The fourth-order valence-corrected chi connectivity index (χ4v) is 3.58. The Labute approximate surface area is 157 Å². The number of amides is 2. The summed E-state index contributed by atoms with van der Waals surface area (Å²) in [7, 11) is -3.35. The molecule has 0 saturated heterocycles. The van der Waals surface area contributed by atoms with E-state index in [0.29, 0.717) is 12.2 Å². The molecule has 0 aliphatic carbocycles. The number of carbonyl (C=O) groups excluding carboxylic acids is 1. The van der Waals surface area contributed by atoms with Crippen LogP contribution in [0.2, 0.25) is 0 Å². The molecule has 0 saturated carbocycles. The number of hydrogen-bond acceptors (Lipinski definition) is 4. The molecule has 3 N–H and O–H groups in total. The molecule has 0 unspecified atom stereocenters. The zero-order chi connectivity index (χ0) is 19.3. The van der Waals surface area contributed by atoms with E-state index < -0.39 is 16.1 Å². The summed E-state index contributed by atoms with van der Waals surface area (Å²) in [5, 5.41) is 10.6. The Morgan fingerprint density at radius 3 is 2.59 bits per heavy atom. The first-order valence-electron chi connectivity index (χ1n) is 8.54. The molecule has 1 heterocycles. The molecule has 142 valence electrons. The van der Waals surface area contributed by atoms with Crippen molar-refractivity contribution in [2.45, 2.75) is 6.92 Å². The first-order chi connectivity index (χ1) is 13.0. The van der Waals surface area contributed by atoms with Gasteiger partial charge in [0.25, 0.3) is 0 Å². The smallest absolute Gasteiger partial charge is 0.319 e. The Hall–Kier alpha value is -2.91. The quantitative estimate of drug-likeness (QED) is 0.577. The number of para-hydroxylation sites is 1. The van der Waals surface area contributed by atoms with E-state index in [1.165, 1.54) is 0 Å². The zero-order valence-electron chi connectivity index (χ0n) is 14.8. The summed E-state index contributed by atoms with van der Waals surface area (Å²) in [4.78, 5) is 11.9. The van der Waals surface area contributed by atoms with Gasteiger partial charge in [0.15, 0.2) is 0 Å². The van der Waals surface area contributed by atoms with Crippen molar-refractivity contribution in [3.63, 3.8) is 0 Å². The van der Waals surface area contributed by atoms with Crippen molar-refractivity contribution >= 4 is 32.6 Å². The number of nitrogens with zero attached hydrogens (tertiary/aromatic N) is 2. The van der Waals surface area contributed by atoms with E-state index in [2.05, 4.69) is 20.5 Å². The molecule has 0 aliphatic rings. The van der Waals surface area contributed by atoms with Crippen molar-refractivity contribution < 1.29 is 13.2 Å². The number of aromatic nitrogens is 2. The third kappa shape index (κ3) is 4.83. The van der Waals surface area contributed by atoms with Gasteiger partial charge in [-0.15, -0.1) is 0 Å². The largest absolute Gasteiger partial charge is 0.337 e. The minimum atomic E-state index is -3.35. The molecule has 2 aromatic carbocycles. The molecule has 0 bridgehead atoms. The number of urea groups is 1. The average Bonchev–Trinajstić information content (AvgIpc) is 3.06. The molecular weight excluding hydrogens is 366 g/mol. The fourth-order valence-electron chi connectivity index (χ4n) is 2.63. The lowest BCUT2D eigenvalue weighted by Gasteiger charge is -2.09. The van der Waals surface area contributed by atoms with Crippen LogP contribution in [0.25, 0.3) is 16.6 Å². The van der Waals surface area contributed by atoms with Crippen molar-refractivity contribution in [2.24, 2.45) is 0 Å². The van der Waals surface area contributed by atoms with Crippen molar-refractivity contribution in [2.75, 3.05) is 24.2 Å². The van der Waals surface area contributed by atoms with Crippen LogP contribution in [0.3, 0.4) is 0 Å². The van der Waals surface area contributed by atoms with Crippen LogP contribution < -0.4 is 15.4 Å². The Morgan fingerprint density at radius 1 is 1.11 bits per heavy atom. The summed E-state index contributed by atoms with van der Waals surface area (Å²) in [6.07, 6.45) is 1.80. The van der Waals surface area contributed by atoms with Gasteiger partial charge in [0.05, 0.1) is 23.2 Å². The van der Waals surface area contributed by atoms with Gasteiger partial charge in [0.1, 0.15) is 0 Å². The maximum absolute atomic E-state index is 11.9. The second kappa shape index (κ2) is 8.19. The Bertz CT molecular complexity index is 1030. The van der Waals surface area contributed by atoms with Crippen molar-refractivity contribution in [3.05, 3.63) is 54.7 Å². The van der Waals surface area contributed by atoms with Gasteiger partial charge in [-0.2, -0.15) is 5.10 Å². The molecule has 0 aliphatic heterocycles. The number of anilines is 1. The molecule has 9 heteroatoms. The molecule has 8 nitrogen and oxygen atoms in total. The van der Waals surface area contributed by atoms with Crippen LogP contribution in [0, 0.1) is 0 Å². The lowest BCUT2D eigenvalue weighted by molar-refractivity contribution is 0.252. The van der Waals surface area contributed by atoms with Gasteiger partial charge in [0.2, 0.25) is 10.0 Å². The van der Waals surface area contributed by atoms with Crippen molar-refractivity contribution in [1.82, 2.24) is 19.8 Å². The van der Waals surface area contributed by atoms with Crippen LogP contribution in [0.4, 0.5) is 10.5 Å². The highest BCUT2D eigenvalue weighted by Crippen LogP contribution is 2.19. The molecule has 27 heavy (non-hydrogen) atoms. The van der Waals surface area contributed by atoms with Crippen molar-refractivity contribution in [1.29, 1.82) is 0 Å². The minimum absolute atomic E-state index is 0.0263. The molecule has 2 amide bonds. The standard InChI is InChI=1S/C18H21N5O3S/c1-2-21-27(25,26)12-11-19-18(24)22-15-7-9-16(10-8-15)23-17-6-4-3-5-14(17)13-20-23/h3-10,13,21H,2,11-12H2,1H3,(H2,19,22,24). The van der Waals surface area contributed by atoms with E-state index in [1.807, 2.05) is 41.1 Å². The van der Waals surface area contributed by atoms with E-state index in [-0.39, 0.29) is 12.3 Å².